The van der Waals surface area contributed by atoms with Crippen LogP contribution in [0.15, 0.2) is 35.5 Å². The predicted octanol–water partition coefficient (Wildman–Crippen LogP) is 3.73. The fraction of sp³-hybridized carbons (Fsp3) is 0.500. The highest BCUT2D eigenvalue weighted by molar-refractivity contribution is 5.94. The van der Waals surface area contributed by atoms with E-state index >= 15 is 0 Å². The number of carbonyl (C=O) groups is 1. The highest BCUT2D eigenvalue weighted by atomic mass is 16.7. The Morgan fingerprint density at radius 2 is 2.00 bits per heavy atom. The van der Waals surface area contributed by atoms with Crippen LogP contribution in [0, 0.1) is 10.1 Å². The first-order valence-electron chi connectivity index (χ1n) is 11.5. The highest BCUT2D eigenvalue weighted by Gasteiger charge is 2.44. The zero-order valence-electron chi connectivity index (χ0n) is 19.5. The van der Waals surface area contributed by atoms with Gasteiger partial charge in [0.15, 0.2) is 5.79 Å². The normalized spacial score (nSPS) is 21.9. The lowest BCUT2D eigenvalue weighted by Crippen LogP contribution is -2.35. The van der Waals surface area contributed by atoms with Gasteiger partial charge in [-0.2, -0.15) is 5.10 Å². The van der Waals surface area contributed by atoms with Crippen molar-refractivity contribution in [2.24, 2.45) is 7.05 Å². The number of nitro benzene ring substituents is 1. The number of carbonyl (C=O) groups excluding carboxylic acids is 1. The molecule has 1 aliphatic carbocycles. The SMILES string of the molecule is COC(=O)C1=C(C)Nc2c(c(C3CCC4(CC3)OCCO4)nn2C)C1c1cccc([N+](=O)[O-])c1. The molecule has 3 heterocycles. The van der Waals surface area contributed by atoms with Crippen molar-refractivity contribution in [3.8, 4) is 0 Å². The lowest BCUT2D eigenvalue weighted by molar-refractivity contribution is -0.384. The summed E-state index contributed by atoms with van der Waals surface area (Å²) in [5.41, 5.74) is 3.45. The van der Waals surface area contributed by atoms with Crippen molar-refractivity contribution in [1.82, 2.24) is 9.78 Å². The molecular formula is C24H28N4O6. The number of esters is 1. The van der Waals surface area contributed by atoms with Crippen LogP contribution in [0.1, 0.15) is 61.3 Å². The van der Waals surface area contributed by atoms with Crippen molar-refractivity contribution in [2.75, 3.05) is 25.6 Å². The van der Waals surface area contributed by atoms with Crippen LogP contribution in [-0.4, -0.2) is 46.8 Å². The molecule has 2 aromatic rings. The van der Waals surface area contributed by atoms with Gasteiger partial charge in [-0.25, -0.2) is 4.79 Å². The molecular weight excluding hydrogens is 440 g/mol. The molecule has 1 spiro atoms. The molecule has 2 fully saturated rings. The summed E-state index contributed by atoms with van der Waals surface area (Å²) in [6.07, 6.45) is 3.22. The molecule has 3 aliphatic rings. The Morgan fingerprint density at radius 3 is 2.65 bits per heavy atom. The number of nitro groups is 1. The minimum Gasteiger partial charge on any atom is -0.466 e. The smallest absolute Gasteiger partial charge is 0.336 e. The number of aromatic nitrogens is 2. The lowest BCUT2D eigenvalue weighted by Gasteiger charge is -2.36. The zero-order chi connectivity index (χ0) is 24.0. The number of benzene rings is 1. The van der Waals surface area contributed by atoms with Crippen LogP contribution in [0.2, 0.25) is 0 Å². The van der Waals surface area contributed by atoms with E-state index in [1.165, 1.54) is 19.2 Å². The first-order valence-corrected chi connectivity index (χ1v) is 11.5. The average molecular weight is 469 g/mol. The first-order chi connectivity index (χ1) is 16.3. The standard InChI is InChI=1S/C24H28N4O6/c1-14-18(23(29)32-3)19(16-5-4-6-17(13-16)28(30)31)20-21(26-27(2)22(20)25-14)15-7-9-24(10-8-15)33-11-12-34-24/h4-6,13,15,19,25H,7-12H2,1-3H3. The molecule has 0 radical (unpaired) electrons. The topological polar surface area (TPSA) is 118 Å². The Bertz CT molecular complexity index is 1170. The van der Waals surface area contributed by atoms with Gasteiger partial charge >= 0.3 is 5.97 Å². The van der Waals surface area contributed by atoms with Crippen LogP contribution < -0.4 is 5.32 Å². The second-order valence-electron chi connectivity index (χ2n) is 9.09. The van der Waals surface area contributed by atoms with Gasteiger partial charge in [0.1, 0.15) is 5.82 Å². The van der Waals surface area contributed by atoms with Crippen LogP contribution in [0.3, 0.4) is 0 Å². The number of ether oxygens (including phenoxy) is 3. The van der Waals surface area contributed by atoms with E-state index in [4.69, 9.17) is 19.3 Å². The van der Waals surface area contributed by atoms with Crippen molar-refractivity contribution in [3.05, 3.63) is 62.5 Å². The van der Waals surface area contributed by atoms with Crippen LogP contribution in [0.25, 0.3) is 0 Å². The van der Waals surface area contributed by atoms with Gasteiger partial charge in [0.25, 0.3) is 5.69 Å². The Kier molecular flexibility index (Phi) is 5.65. The van der Waals surface area contributed by atoms with Gasteiger partial charge in [0.05, 0.1) is 36.5 Å². The molecule has 10 nitrogen and oxygen atoms in total. The molecule has 5 rings (SSSR count). The van der Waals surface area contributed by atoms with Gasteiger partial charge < -0.3 is 19.5 Å². The van der Waals surface area contributed by atoms with Crippen LogP contribution in [0.5, 0.6) is 0 Å². The number of hydrogen-bond donors (Lipinski definition) is 1. The summed E-state index contributed by atoms with van der Waals surface area (Å²) in [5, 5.41) is 19.7. The predicted molar refractivity (Wildman–Crippen MR) is 122 cm³/mol. The maximum Gasteiger partial charge on any atom is 0.336 e. The third-order valence-electron chi connectivity index (χ3n) is 7.17. The van der Waals surface area contributed by atoms with E-state index in [1.54, 1.807) is 10.7 Å². The number of hydrogen-bond acceptors (Lipinski definition) is 8. The number of non-ortho nitro benzene ring substituents is 1. The summed E-state index contributed by atoms with van der Waals surface area (Å²) >= 11 is 0. The molecule has 2 aliphatic heterocycles. The van der Waals surface area contributed by atoms with Gasteiger partial charge in [-0.1, -0.05) is 12.1 Å². The molecule has 1 atom stereocenters. The number of nitrogens with one attached hydrogen (secondary N) is 1. The van der Waals surface area contributed by atoms with E-state index in [0.717, 1.165) is 42.8 Å². The maximum atomic E-state index is 12.9. The summed E-state index contributed by atoms with van der Waals surface area (Å²) in [4.78, 5) is 24.0. The quantitative estimate of drug-likeness (QED) is 0.410. The Hall–Kier alpha value is -3.24. The Labute approximate surface area is 197 Å². The van der Waals surface area contributed by atoms with E-state index in [1.807, 2.05) is 20.0 Å². The van der Waals surface area contributed by atoms with Crippen LogP contribution in [0.4, 0.5) is 11.5 Å². The van der Waals surface area contributed by atoms with Gasteiger partial charge in [-0.15, -0.1) is 0 Å². The first kappa shape index (κ1) is 22.5. The van der Waals surface area contributed by atoms with Gasteiger partial charge in [0, 0.05) is 55.1 Å². The van der Waals surface area contributed by atoms with E-state index < -0.39 is 22.6 Å². The third kappa shape index (κ3) is 3.67. The number of nitrogens with zero attached hydrogens (tertiary/aromatic N) is 3. The monoisotopic (exact) mass is 468 g/mol. The molecule has 0 bridgehead atoms. The molecule has 1 saturated carbocycles. The van der Waals surface area contributed by atoms with E-state index in [-0.39, 0.29) is 11.6 Å². The van der Waals surface area contributed by atoms with Gasteiger partial charge in [-0.05, 0) is 25.3 Å². The van der Waals surface area contributed by atoms with Crippen molar-refractivity contribution in [2.45, 2.75) is 50.2 Å². The lowest BCUT2D eigenvalue weighted by atomic mass is 9.76. The zero-order valence-corrected chi connectivity index (χ0v) is 19.5. The molecule has 0 amide bonds. The third-order valence-corrected chi connectivity index (χ3v) is 7.17. The fourth-order valence-corrected chi connectivity index (χ4v) is 5.55. The summed E-state index contributed by atoms with van der Waals surface area (Å²) in [6, 6.07) is 6.44. The number of allylic oxidation sites excluding steroid dienone is 1. The summed E-state index contributed by atoms with van der Waals surface area (Å²) < 4.78 is 18.7. The number of rotatable bonds is 4. The van der Waals surface area contributed by atoms with Crippen molar-refractivity contribution < 1.29 is 23.9 Å². The fourth-order valence-electron chi connectivity index (χ4n) is 5.55. The minimum absolute atomic E-state index is 0.0277. The van der Waals surface area contributed by atoms with E-state index in [9.17, 15) is 14.9 Å². The van der Waals surface area contributed by atoms with Crippen molar-refractivity contribution in [3.63, 3.8) is 0 Å². The van der Waals surface area contributed by atoms with E-state index in [2.05, 4.69) is 5.32 Å². The van der Waals surface area contributed by atoms with E-state index in [0.29, 0.717) is 30.0 Å². The van der Waals surface area contributed by atoms with Crippen LogP contribution in [-0.2, 0) is 26.1 Å². The number of methoxy groups -OCH3 is 1. The average Bonchev–Trinajstić information content (AvgIpc) is 3.43. The van der Waals surface area contributed by atoms with Crippen LogP contribution >= 0.6 is 0 Å². The van der Waals surface area contributed by atoms with Gasteiger partial charge in [-0.3, -0.25) is 14.8 Å². The van der Waals surface area contributed by atoms with Gasteiger partial charge in [0.2, 0.25) is 0 Å². The second-order valence-corrected chi connectivity index (χ2v) is 9.09. The molecule has 1 saturated heterocycles. The summed E-state index contributed by atoms with van der Waals surface area (Å²) in [7, 11) is 3.21. The number of aryl methyl sites for hydroxylation is 1. The largest absolute Gasteiger partial charge is 0.466 e. The number of anilines is 1. The summed E-state index contributed by atoms with van der Waals surface area (Å²) in [5.74, 6) is -0.574. The van der Waals surface area contributed by atoms with Crippen molar-refractivity contribution >= 4 is 17.5 Å². The minimum atomic E-state index is -0.540. The molecule has 180 valence electrons. The Balaban J connectivity index is 1.61. The molecule has 10 heteroatoms. The highest BCUT2D eigenvalue weighted by Crippen LogP contribution is 2.49. The van der Waals surface area contributed by atoms with Crippen molar-refractivity contribution in [1.29, 1.82) is 0 Å². The molecule has 1 aromatic heterocycles. The summed E-state index contributed by atoms with van der Waals surface area (Å²) in [6.45, 7) is 3.05. The number of fused-ring (bicyclic) bond motifs is 1. The Morgan fingerprint density at radius 1 is 1.29 bits per heavy atom. The molecule has 1 aromatic carbocycles. The maximum absolute atomic E-state index is 12.9. The molecule has 34 heavy (non-hydrogen) atoms. The second kappa shape index (κ2) is 8.52. The molecule has 1 N–H and O–H groups in total. The molecule has 1 unspecified atom stereocenters.